The number of benzene rings is 2. The highest BCUT2D eigenvalue weighted by Crippen LogP contribution is 2.40. The predicted molar refractivity (Wildman–Crippen MR) is 138 cm³/mol. The van der Waals surface area contributed by atoms with E-state index in [0.717, 1.165) is 42.3 Å². The minimum absolute atomic E-state index is 0.0679. The summed E-state index contributed by atoms with van der Waals surface area (Å²) in [4.78, 5) is 30.4. The van der Waals surface area contributed by atoms with Crippen LogP contribution in [0.4, 0.5) is 4.39 Å². The number of rotatable bonds is 5. The van der Waals surface area contributed by atoms with Crippen molar-refractivity contribution in [2.45, 2.75) is 63.2 Å². The minimum Gasteiger partial charge on any atom is -0.463 e. The molecular weight excluding hydrogens is 469 g/mol. The van der Waals surface area contributed by atoms with Gasteiger partial charge >= 0.3 is 0 Å². The topological polar surface area (TPSA) is 67.5 Å². The summed E-state index contributed by atoms with van der Waals surface area (Å²) in [5, 5.41) is 3.35. The fourth-order valence-corrected chi connectivity index (χ4v) is 5.94. The molecule has 1 atom stereocenters. The monoisotopic (exact) mass is 499 g/mol. The molecule has 1 aliphatic carbocycles. The highest BCUT2D eigenvalue weighted by Gasteiger charge is 2.53. The Hall–Kier alpha value is -3.87. The summed E-state index contributed by atoms with van der Waals surface area (Å²) in [5.74, 6) is -0.790. The largest absolute Gasteiger partial charge is 0.463 e. The molecule has 2 aliphatic rings. The van der Waals surface area contributed by atoms with Crippen molar-refractivity contribution in [2.24, 2.45) is 0 Å². The van der Waals surface area contributed by atoms with Crippen LogP contribution in [0.25, 0.3) is 11.1 Å². The molecule has 2 aromatic heterocycles. The Morgan fingerprint density at radius 1 is 1.00 bits per heavy atom. The maximum absolute atomic E-state index is 14.5. The van der Waals surface area contributed by atoms with E-state index >= 15 is 0 Å². The van der Waals surface area contributed by atoms with Gasteiger partial charge in [0.05, 0.1) is 18.3 Å². The number of hydrogen-bond acceptors (Lipinski definition) is 3. The molecule has 190 valence electrons. The van der Waals surface area contributed by atoms with Crippen molar-refractivity contribution < 1.29 is 18.4 Å². The molecule has 7 heteroatoms. The van der Waals surface area contributed by atoms with Gasteiger partial charge in [-0.25, -0.2) is 4.39 Å². The number of carbonyl (C=O) groups excluding carboxylic acids is 2. The molecule has 1 fully saturated rings. The van der Waals surface area contributed by atoms with Crippen LogP contribution in [0, 0.1) is 5.82 Å². The highest BCUT2D eigenvalue weighted by atomic mass is 19.1. The highest BCUT2D eigenvalue weighted by molar-refractivity contribution is 6.03. The van der Waals surface area contributed by atoms with Gasteiger partial charge in [0.2, 0.25) is 0 Å². The normalized spacial score (nSPS) is 20.6. The number of nitrogens with zero attached hydrogens (tertiary/aromatic N) is 2. The summed E-state index contributed by atoms with van der Waals surface area (Å²) < 4.78 is 21.2. The third-order valence-corrected chi connectivity index (χ3v) is 7.91. The maximum Gasteiger partial charge on any atom is 0.272 e. The maximum atomic E-state index is 14.5. The molecule has 3 heterocycles. The molecule has 1 unspecified atom stereocenters. The van der Waals surface area contributed by atoms with E-state index in [1.807, 2.05) is 41.0 Å². The van der Waals surface area contributed by atoms with Gasteiger partial charge in [-0.05, 0) is 36.1 Å². The van der Waals surface area contributed by atoms with Gasteiger partial charge in [-0.2, -0.15) is 0 Å². The molecule has 1 N–H and O–H groups in total. The Kier molecular flexibility index (Phi) is 6.07. The number of fused-ring (bicyclic) bond motifs is 3. The molecular formula is C30H30FN3O3. The van der Waals surface area contributed by atoms with E-state index in [2.05, 4.69) is 5.32 Å². The SMILES string of the molecule is O=C1c2cc3occc3n2CC(C(=O)NC2CCCCCC2)(c2ccccc2)N1Cc1ccc(F)cc1. The van der Waals surface area contributed by atoms with E-state index in [9.17, 15) is 14.0 Å². The quantitative estimate of drug-likeness (QED) is 0.355. The van der Waals surface area contributed by atoms with Gasteiger partial charge in [0.1, 0.15) is 11.5 Å². The minimum atomic E-state index is -1.30. The Balaban J connectivity index is 1.51. The van der Waals surface area contributed by atoms with Gasteiger partial charge in [-0.3, -0.25) is 9.59 Å². The first-order valence-corrected chi connectivity index (χ1v) is 13.1. The third kappa shape index (κ3) is 4.12. The summed E-state index contributed by atoms with van der Waals surface area (Å²) in [7, 11) is 0. The Morgan fingerprint density at radius 2 is 1.73 bits per heavy atom. The van der Waals surface area contributed by atoms with Crippen LogP contribution in [0.3, 0.4) is 0 Å². The first-order valence-electron chi connectivity index (χ1n) is 13.1. The molecule has 1 saturated carbocycles. The third-order valence-electron chi connectivity index (χ3n) is 7.91. The summed E-state index contributed by atoms with van der Waals surface area (Å²) in [5.41, 5.74) is 2.07. The van der Waals surface area contributed by atoms with Gasteiger partial charge < -0.3 is 19.2 Å². The average molecular weight is 500 g/mol. The lowest BCUT2D eigenvalue weighted by Crippen LogP contribution is -2.63. The van der Waals surface area contributed by atoms with E-state index in [0.29, 0.717) is 11.3 Å². The molecule has 0 bridgehead atoms. The Labute approximate surface area is 215 Å². The van der Waals surface area contributed by atoms with Crippen LogP contribution in [0.5, 0.6) is 0 Å². The molecule has 0 radical (unpaired) electrons. The van der Waals surface area contributed by atoms with E-state index in [1.165, 1.54) is 25.0 Å². The lowest BCUT2D eigenvalue weighted by molar-refractivity contribution is -0.136. The molecule has 2 aromatic carbocycles. The molecule has 0 saturated heterocycles. The van der Waals surface area contributed by atoms with Gasteiger partial charge in [0.25, 0.3) is 11.8 Å². The van der Waals surface area contributed by atoms with Crippen LogP contribution < -0.4 is 5.32 Å². The first kappa shape index (κ1) is 23.5. The van der Waals surface area contributed by atoms with Crippen molar-refractivity contribution in [3.63, 3.8) is 0 Å². The Morgan fingerprint density at radius 3 is 2.46 bits per heavy atom. The second-order valence-electron chi connectivity index (χ2n) is 10.2. The molecule has 2 amide bonds. The van der Waals surface area contributed by atoms with Gasteiger partial charge in [0, 0.05) is 24.7 Å². The lowest BCUT2D eigenvalue weighted by atomic mass is 9.83. The van der Waals surface area contributed by atoms with Crippen LogP contribution in [-0.4, -0.2) is 27.3 Å². The number of nitrogens with one attached hydrogen (secondary N) is 1. The number of carbonyl (C=O) groups is 2. The second-order valence-corrected chi connectivity index (χ2v) is 10.2. The van der Waals surface area contributed by atoms with Gasteiger partial charge in [-0.1, -0.05) is 68.1 Å². The fraction of sp³-hybridized carbons (Fsp3) is 0.333. The lowest BCUT2D eigenvalue weighted by Gasteiger charge is -2.47. The van der Waals surface area contributed by atoms with E-state index < -0.39 is 5.54 Å². The Bertz CT molecular complexity index is 1420. The fourth-order valence-electron chi connectivity index (χ4n) is 5.94. The van der Waals surface area contributed by atoms with E-state index in [1.54, 1.807) is 29.4 Å². The molecule has 0 spiro atoms. The van der Waals surface area contributed by atoms with E-state index in [4.69, 9.17) is 4.42 Å². The summed E-state index contributed by atoms with van der Waals surface area (Å²) in [6, 6.07) is 19.3. The number of aromatic nitrogens is 1. The molecule has 6 rings (SSSR count). The standard InChI is InChI=1S/C30H30FN3O3/c31-23-14-12-21(13-15-23)19-34-28(35)26-18-27-25(16-17-37-27)33(26)20-30(34,22-8-4-3-5-9-22)29(36)32-24-10-6-1-2-7-11-24/h3-5,8-9,12-18,24H,1-2,6-7,10-11,19-20H2,(H,32,36). The summed E-state index contributed by atoms with van der Waals surface area (Å²) in [6.45, 7) is 0.416. The summed E-state index contributed by atoms with van der Waals surface area (Å²) in [6.07, 6.45) is 7.99. The van der Waals surface area contributed by atoms with Crippen molar-refractivity contribution in [3.05, 3.63) is 95.6 Å². The number of hydrogen-bond donors (Lipinski definition) is 1. The number of halogens is 1. The second kappa shape index (κ2) is 9.54. The van der Waals surface area contributed by atoms with Crippen LogP contribution in [0.1, 0.15) is 60.1 Å². The average Bonchev–Trinajstić information content (AvgIpc) is 3.41. The molecule has 4 aromatic rings. The van der Waals surface area contributed by atoms with Crippen LogP contribution >= 0.6 is 0 Å². The first-order chi connectivity index (χ1) is 18.1. The number of furan rings is 1. The zero-order chi connectivity index (χ0) is 25.4. The van der Waals surface area contributed by atoms with Crippen molar-refractivity contribution >= 4 is 22.9 Å². The van der Waals surface area contributed by atoms with Crippen molar-refractivity contribution in [3.8, 4) is 0 Å². The van der Waals surface area contributed by atoms with Gasteiger partial charge in [0.15, 0.2) is 11.1 Å². The van der Waals surface area contributed by atoms with Crippen molar-refractivity contribution in [1.82, 2.24) is 14.8 Å². The van der Waals surface area contributed by atoms with Crippen molar-refractivity contribution in [2.75, 3.05) is 0 Å². The van der Waals surface area contributed by atoms with Gasteiger partial charge in [-0.15, -0.1) is 0 Å². The zero-order valence-electron chi connectivity index (χ0n) is 20.7. The molecule has 6 nitrogen and oxygen atoms in total. The van der Waals surface area contributed by atoms with Crippen LogP contribution in [0.2, 0.25) is 0 Å². The van der Waals surface area contributed by atoms with Crippen molar-refractivity contribution in [1.29, 1.82) is 0 Å². The number of amides is 2. The zero-order valence-corrected chi connectivity index (χ0v) is 20.7. The van der Waals surface area contributed by atoms with Crippen LogP contribution in [0.15, 0.2) is 77.4 Å². The molecule has 1 aliphatic heterocycles. The summed E-state index contributed by atoms with van der Waals surface area (Å²) >= 11 is 0. The van der Waals surface area contributed by atoms with E-state index in [-0.39, 0.29) is 36.8 Å². The predicted octanol–water partition coefficient (Wildman–Crippen LogP) is 5.76. The van der Waals surface area contributed by atoms with Crippen LogP contribution in [-0.2, 0) is 23.4 Å². The smallest absolute Gasteiger partial charge is 0.272 e. The molecule has 37 heavy (non-hydrogen) atoms.